The minimum absolute atomic E-state index is 0.279. The van der Waals surface area contributed by atoms with Gasteiger partial charge in [0.15, 0.2) is 0 Å². The standard InChI is InChI=1S/C22H29N3O/c1-2-24-12-10-19(11-13-24)23-20-14-22(26)25(16-20)15-18-8-5-7-17-6-3-4-9-21(17)18/h3-9,19-20,23H,2,10-16H2,1H3/t20-/m0/s1. The lowest BCUT2D eigenvalue weighted by molar-refractivity contribution is -0.128. The normalized spacial score (nSPS) is 22.4. The lowest BCUT2D eigenvalue weighted by Gasteiger charge is -2.33. The second-order valence-corrected chi connectivity index (χ2v) is 7.69. The molecule has 26 heavy (non-hydrogen) atoms. The van der Waals surface area contributed by atoms with E-state index in [0.717, 1.165) is 13.1 Å². The third kappa shape index (κ3) is 3.76. The monoisotopic (exact) mass is 351 g/mol. The van der Waals surface area contributed by atoms with Gasteiger partial charge in [-0.05, 0) is 48.8 Å². The number of rotatable bonds is 5. The van der Waals surface area contributed by atoms with E-state index in [9.17, 15) is 4.79 Å². The molecule has 4 rings (SSSR count). The summed E-state index contributed by atoms with van der Waals surface area (Å²) in [6.07, 6.45) is 3.03. The van der Waals surface area contributed by atoms with Crippen molar-refractivity contribution in [3.8, 4) is 0 Å². The Morgan fingerprint density at radius 1 is 1.04 bits per heavy atom. The summed E-state index contributed by atoms with van der Waals surface area (Å²) in [5, 5.41) is 6.26. The van der Waals surface area contributed by atoms with Gasteiger partial charge < -0.3 is 15.1 Å². The van der Waals surface area contributed by atoms with Crippen LogP contribution in [0.3, 0.4) is 0 Å². The quantitative estimate of drug-likeness (QED) is 0.899. The highest BCUT2D eigenvalue weighted by Gasteiger charge is 2.31. The topological polar surface area (TPSA) is 35.6 Å². The average molecular weight is 351 g/mol. The lowest BCUT2D eigenvalue weighted by atomic mass is 10.0. The van der Waals surface area contributed by atoms with Crippen LogP contribution in [0.4, 0.5) is 0 Å². The summed E-state index contributed by atoms with van der Waals surface area (Å²) >= 11 is 0. The number of likely N-dealkylation sites (tertiary alicyclic amines) is 2. The molecule has 2 saturated heterocycles. The molecular formula is C22H29N3O. The fourth-order valence-electron chi connectivity index (χ4n) is 4.42. The minimum atomic E-state index is 0.279. The molecule has 2 fully saturated rings. The van der Waals surface area contributed by atoms with E-state index in [1.807, 2.05) is 4.90 Å². The van der Waals surface area contributed by atoms with Crippen molar-refractivity contribution in [3.63, 3.8) is 0 Å². The molecule has 138 valence electrons. The fourth-order valence-corrected chi connectivity index (χ4v) is 4.42. The van der Waals surface area contributed by atoms with Crippen LogP contribution in [0.2, 0.25) is 0 Å². The first-order chi connectivity index (χ1) is 12.7. The van der Waals surface area contributed by atoms with Crippen molar-refractivity contribution in [1.29, 1.82) is 0 Å². The Morgan fingerprint density at radius 2 is 1.81 bits per heavy atom. The first-order valence-corrected chi connectivity index (χ1v) is 9.95. The van der Waals surface area contributed by atoms with Gasteiger partial charge in [-0.1, -0.05) is 49.4 Å². The molecule has 4 heteroatoms. The van der Waals surface area contributed by atoms with Gasteiger partial charge in [0.1, 0.15) is 0 Å². The Balaban J connectivity index is 1.37. The van der Waals surface area contributed by atoms with E-state index in [1.165, 1.54) is 42.3 Å². The molecule has 0 bridgehead atoms. The van der Waals surface area contributed by atoms with Crippen LogP contribution < -0.4 is 5.32 Å². The van der Waals surface area contributed by atoms with Crippen LogP contribution in [0.1, 0.15) is 31.7 Å². The maximum absolute atomic E-state index is 12.5. The molecule has 1 N–H and O–H groups in total. The van der Waals surface area contributed by atoms with Gasteiger partial charge in [-0.2, -0.15) is 0 Å². The van der Waals surface area contributed by atoms with E-state index in [0.29, 0.717) is 25.0 Å². The van der Waals surface area contributed by atoms with Gasteiger partial charge in [0, 0.05) is 31.6 Å². The zero-order valence-corrected chi connectivity index (χ0v) is 15.7. The Morgan fingerprint density at radius 3 is 2.62 bits per heavy atom. The minimum Gasteiger partial charge on any atom is -0.337 e. The van der Waals surface area contributed by atoms with Crippen molar-refractivity contribution >= 4 is 16.7 Å². The SMILES string of the molecule is CCN1CCC(N[C@H]2CC(=O)N(Cc3cccc4ccccc34)C2)CC1. The molecule has 2 heterocycles. The summed E-state index contributed by atoms with van der Waals surface area (Å²) in [6.45, 7) is 7.27. The highest BCUT2D eigenvalue weighted by atomic mass is 16.2. The zero-order valence-electron chi connectivity index (χ0n) is 15.7. The van der Waals surface area contributed by atoms with Crippen LogP contribution in [-0.4, -0.2) is 54.0 Å². The number of nitrogens with one attached hydrogen (secondary N) is 1. The molecule has 2 aliphatic heterocycles. The van der Waals surface area contributed by atoms with E-state index < -0.39 is 0 Å². The molecular weight excluding hydrogens is 322 g/mol. The molecule has 2 aromatic rings. The van der Waals surface area contributed by atoms with Crippen LogP contribution in [0.25, 0.3) is 10.8 Å². The Labute approximate surface area is 156 Å². The van der Waals surface area contributed by atoms with E-state index >= 15 is 0 Å². The molecule has 0 radical (unpaired) electrons. The molecule has 0 saturated carbocycles. The summed E-state index contributed by atoms with van der Waals surface area (Å²) in [4.78, 5) is 17.1. The number of hydrogen-bond acceptors (Lipinski definition) is 3. The second kappa shape index (κ2) is 7.77. The molecule has 1 atom stereocenters. The number of piperidine rings is 1. The summed E-state index contributed by atoms with van der Waals surface area (Å²) in [5.41, 5.74) is 1.24. The van der Waals surface area contributed by atoms with Gasteiger partial charge >= 0.3 is 0 Å². The molecule has 1 amide bonds. The predicted octanol–water partition coefficient (Wildman–Crippen LogP) is 3.01. The fraction of sp³-hybridized carbons (Fsp3) is 0.500. The van der Waals surface area contributed by atoms with Crippen LogP contribution in [0.15, 0.2) is 42.5 Å². The number of carbonyl (C=O) groups excluding carboxylic acids is 1. The maximum atomic E-state index is 12.5. The van der Waals surface area contributed by atoms with Crippen molar-refractivity contribution in [2.24, 2.45) is 0 Å². The summed E-state index contributed by atoms with van der Waals surface area (Å²) in [6, 6.07) is 15.7. The van der Waals surface area contributed by atoms with E-state index in [2.05, 4.69) is 59.6 Å². The number of hydrogen-bond donors (Lipinski definition) is 1. The molecule has 0 aromatic heterocycles. The van der Waals surface area contributed by atoms with Gasteiger partial charge in [-0.3, -0.25) is 4.79 Å². The lowest BCUT2D eigenvalue weighted by Crippen LogP contribution is -2.46. The predicted molar refractivity (Wildman–Crippen MR) is 106 cm³/mol. The Hall–Kier alpha value is -1.91. The first-order valence-electron chi connectivity index (χ1n) is 9.95. The van der Waals surface area contributed by atoms with Gasteiger partial charge in [-0.25, -0.2) is 0 Å². The Kier molecular flexibility index (Phi) is 5.23. The second-order valence-electron chi connectivity index (χ2n) is 7.69. The van der Waals surface area contributed by atoms with Crippen LogP contribution in [0.5, 0.6) is 0 Å². The highest BCUT2D eigenvalue weighted by molar-refractivity contribution is 5.86. The van der Waals surface area contributed by atoms with Gasteiger partial charge in [-0.15, -0.1) is 0 Å². The average Bonchev–Trinajstić information content (AvgIpc) is 3.01. The van der Waals surface area contributed by atoms with Crippen molar-refractivity contribution in [1.82, 2.24) is 15.1 Å². The number of nitrogens with zero attached hydrogens (tertiary/aromatic N) is 2. The van der Waals surface area contributed by atoms with Crippen molar-refractivity contribution in [2.75, 3.05) is 26.2 Å². The van der Waals surface area contributed by atoms with Gasteiger partial charge in [0.05, 0.1) is 0 Å². The number of benzene rings is 2. The van der Waals surface area contributed by atoms with E-state index in [4.69, 9.17) is 0 Å². The van der Waals surface area contributed by atoms with Crippen molar-refractivity contribution in [2.45, 2.75) is 44.8 Å². The number of carbonyl (C=O) groups is 1. The van der Waals surface area contributed by atoms with Crippen molar-refractivity contribution in [3.05, 3.63) is 48.0 Å². The maximum Gasteiger partial charge on any atom is 0.224 e. The molecule has 0 aliphatic carbocycles. The summed E-state index contributed by atoms with van der Waals surface area (Å²) < 4.78 is 0. The first kappa shape index (κ1) is 17.5. The number of fused-ring (bicyclic) bond motifs is 1. The van der Waals surface area contributed by atoms with Crippen LogP contribution in [-0.2, 0) is 11.3 Å². The van der Waals surface area contributed by atoms with Gasteiger partial charge in [0.2, 0.25) is 5.91 Å². The van der Waals surface area contributed by atoms with Gasteiger partial charge in [0.25, 0.3) is 0 Å². The van der Waals surface area contributed by atoms with Crippen LogP contribution in [0, 0.1) is 0 Å². The highest BCUT2D eigenvalue weighted by Crippen LogP contribution is 2.23. The Bertz CT molecular complexity index is 762. The smallest absolute Gasteiger partial charge is 0.224 e. The van der Waals surface area contributed by atoms with Crippen LogP contribution >= 0.6 is 0 Å². The van der Waals surface area contributed by atoms with Crippen molar-refractivity contribution < 1.29 is 4.79 Å². The summed E-state index contributed by atoms with van der Waals surface area (Å²) in [7, 11) is 0. The zero-order chi connectivity index (χ0) is 17.9. The molecule has 0 unspecified atom stereocenters. The molecule has 2 aliphatic rings. The number of amides is 1. The largest absolute Gasteiger partial charge is 0.337 e. The third-order valence-electron chi connectivity index (χ3n) is 5.96. The summed E-state index contributed by atoms with van der Waals surface area (Å²) in [5.74, 6) is 0.279. The van der Waals surface area contributed by atoms with E-state index in [-0.39, 0.29) is 5.91 Å². The molecule has 0 spiro atoms. The van der Waals surface area contributed by atoms with E-state index in [1.54, 1.807) is 0 Å². The molecule has 4 nitrogen and oxygen atoms in total. The third-order valence-corrected chi connectivity index (χ3v) is 5.96. The molecule has 2 aromatic carbocycles.